The molecule has 1 aromatic heterocycles. The van der Waals surface area contributed by atoms with Gasteiger partial charge in [0.15, 0.2) is 0 Å². The lowest BCUT2D eigenvalue weighted by molar-refractivity contribution is -0.131. The summed E-state index contributed by atoms with van der Waals surface area (Å²) in [5, 5.41) is 10.0. The summed E-state index contributed by atoms with van der Waals surface area (Å²) in [4.78, 5) is 11.0. The highest BCUT2D eigenvalue weighted by Crippen LogP contribution is 2.32. The number of nitriles is 1. The Kier molecular flexibility index (Phi) is 4.37. The molecular formula is C19H13ClN2O2. The molecule has 3 aromatic rings. The molecule has 24 heavy (non-hydrogen) atoms. The minimum atomic E-state index is -0.364. The molecule has 0 atom stereocenters. The fraction of sp³-hybridized carbons (Fsp3) is 0.0526. The van der Waals surface area contributed by atoms with E-state index in [0.29, 0.717) is 16.3 Å². The summed E-state index contributed by atoms with van der Waals surface area (Å²) in [7, 11) is 0. The van der Waals surface area contributed by atoms with Gasteiger partial charge in [-0.05, 0) is 30.3 Å². The minimum Gasteiger partial charge on any atom is -0.427 e. The molecule has 0 saturated carbocycles. The first kappa shape index (κ1) is 15.9. The van der Waals surface area contributed by atoms with E-state index in [1.165, 1.54) is 6.92 Å². The summed E-state index contributed by atoms with van der Waals surface area (Å²) in [6.07, 6.45) is 3.61. The van der Waals surface area contributed by atoms with Crippen LogP contribution in [0, 0.1) is 11.3 Å². The Hall–Kier alpha value is -3.03. The molecule has 0 saturated heterocycles. The van der Waals surface area contributed by atoms with E-state index in [4.69, 9.17) is 16.3 Å². The van der Waals surface area contributed by atoms with Gasteiger partial charge in [0.1, 0.15) is 11.8 Å². The van der Waals surface area contributed by atoms with Gasteiger partial charge in [0.2, 0.25) is 0 Å². The van der Waals surface area contributed by atoms with Crippen LogP contribution in [0.25, 0.3) is 16.8 Å². The average molecular weight is 337 g/mol. The van der Waals surface area contributed by atoms with Crippen LogP contribution in [0.5, 0.6) is 5.75 Å². The van der Waals surface area contributed by atoms with Crippen LogP contribution >= 0.6 is 11.6 Å². The molecule has 0 aliphatic heterocycles. The van der Waals surface area contributed by atoms with Crippen LogP contribution in [0.2, 0.25) is 5.02 Å². The monoisotopic (exact) mass is 336 g/mol. The fourth-order valence-electron chi connectivity index (χ4n) is 2.44. The van der Waals surface area contributed by atoms with E-state index in [0.717, 1.165) is 16.8 Å². The zero-order valence-corrected chi connectivity index (χ0v) is 13.6. The SMILES string of the molecule is CC(=O)Oc1ccc(-n2cc(C#N)c(-c3ccccc3Cl)c2)cc1. The lowest BCUT2D eigenvalue weighted by atomic mass is 10.1. The van der Waals surface area contributed by atoms with Crippen molar-refractivity contribution in [2.45, 2.75) is 6.92 Å². The minimum absolute atomic E-state index is 0.364. The molecule has 0 bridgehead atoms. The van der Waals surface area contributed by atoms with Crippen molar-refractivity contribution in [2.75, 3.05) is 0 Å². The van der Waals surface area contributed by atoms with E-state index >= 15 is 0 Å². The van der Waals surface area contributed by atoms with Gasteiger partial charge >= 0.3 is 5.97 Å². The zero-order valence-electron chi connectivity index (χ0n) is 12.9. The Morgan fingerprint density at radius 1 is 1.08 bits per heavy atom. The van der Waals surface area contributed by atoms with Gasteiger partial charge < -0.3 is 9.30 Å². The fourth-order valence-corrected chi connectivity index (χ4v) is 2.68. The lowest BCUT2D eigenvalue weighted by Gasteiger charge is -2.05. The third-order valence-electron chi connectivity index (χ3n) is 3.51. The second-order valence-corrected chi connectivity index (χ2v) is 5.58. The number of aromatic nitrogens is 1. The van der Waals surface area contributed by atoms with Crippen molar-refractivity contribution in [3.8, 4) is 28.6 Å². The predicted molar refractivity (Wildman–Crippen MR) is 92.2 cm³/mol. The predicted octanol–water partition coefficient (Wildman–Crippen LogP) is 4.59. The lowest BCUT2D eigenvalue weighted by Crippen LogP contribution is -2.01. The summed E-state index contributed by atoms with van der Waals surface area (Å²) in [6.45, 7) is 1.36. The van der Waals surface area contributed by atoms with Gasteiger partial charge in [0, 0.05) is 41.2 Å². The molecule has 0 spiro atoms. The second-order valence-electron chi connectivity index (χ2n) is 5.17. The first-order valence-corrected chi connectivity index (χ1v) is 7.62. The van der Waals surface area contributed by atoms with Gasteiger partial charge in [-0.1, -0.05) is 29.8 Å². The molecule has 5 heteroatoms. The molecule has 4 nitrogen and oxygen atoms in total. The largest absolute Gasteiger partial charge is 0.427 e. The average Bonchev–Trinajstić information content (AvgIpc) is 2.99. The third kappa shape index (κ3) is 3.17. The first-order chi connectivity index (χ1) is 11.6. The third-order valence-corrected chi connectivity index (χ3v) is 3.84. The Morgan fingerprint density at radius 3 is 2.42 bits per heavy atom. The van der Waals surface area contributed by atoms with Crippen LogP contribution in [0.1, 0.15) is 12.5 Å². The van der Waals surface area contributed by atoms with Crippen molar-refractivity contribution >= 4 is 17.6 Å². The summed E-state index contributed by atoms with van der Waals surface area (Å²) in [6, 6.07) is 16.7. The summed E-state index contributed by atoms with van der Waals surface area (Å²) < 4.78 is 6.86. The first-order valence-electron chi connectivity index (χ1n) is 7.24. The Labute approximate surface area is 144 Å². The number of nitrogens with zero attached hydrogens (tertiary/aromatic N) is 2. The second kappa shape index (κ2) is 6.61. The smallest absolute Gasteiger partial charge is 0.308 e. The molecular weight excluding hydrogens is 324 g/mol. The number of hydrogen-bond acceptors (Lipinski definition) is 3. The number of esters is 1. The standard InChI is InChI=1S/C19H13ClN2O2/c1-13(23)24-16-8-6-15(7-9-16)22-11-14(10-21)18(12-22)17-4-2-3-5-19(17)20/h2-9,11-12H,1H3. The summed E-state index contributed by atoms with van der Waals surface area (Å²) >= 11 is 6.25. The van der Waals surface area contributed by atoms with Gasteiger partial charge in [-0.3, -0.25) is 4.79 Å². The molecule has 2 aromatic carbocycles. The van der Waals surface area contributed by atoms with Crippen LogP contribution in [-0.2, 0) is 4.79 Å². The van der Waals surface area contributed by atoms with Crippen molar-refractivity contribution in [3.05, 3.63) is 71.5 Å². The highest BCUT2D eigenvalue weighted by Gasteiger charge is 2.12. The number of carbonyl (C=O) groups excluding carboxylic acids is 1. The van der Waals surface area contributed by atoms with Crippen molar-refractivity contribution in [1.29, 1.82) is 5.26 Å². The summed E-state index contributed by atoms with van der Waals surface area (Å²) in [5.41, 5.74) is 2.96. The van der Waals surface area contributed by atoms with Crippen molar-refractivity contribution < 1.29 is 9.53 Å². The van der Waals surface area contributed by atoms with Crippen LogP contribution < -0.4 is 4.74 Å². The summed E-state index contributed by atoms with van der Waals surface area (Å²) in [5.74, 6) is 0.113. The van der Waals surface area contributed by atoms with E-state index in [-0.39, 0.29) is 5.97 Å². The van der Waals surface area contributed by atoms with Gasteiger partial charge in [-0.15, -0.1) is 0 Å². The molecule has 0 aliphatic rings. The molecule has 118 valence electrons. The number of ether oxygens (including phenoxy) is 1. The maximum atomic E-state index is 11.0. The van der Waals surface area contributed by atoms with Gasteiger partial charge in [-0.25, -0.2) is 0 Å². The Morgan fingerprint density at radius 2 is 1.79 bits per heavy atom. The van der Waals surface area contributed by atoms with Crippen molar-refractivity contribution in [1.82, 2.24) is 4.57 Å². The van der Waals surface area contributed by atoms with Gasteiger partial charge in [-0.2, -0.15) is 5.26 Å². The Bertz CT molecular complexity index is 937. The maximum Gasteiger partial charge on any atom is 0.308 e. The molecule has 0 radical (unpaired) electrons. The molecule has 0 amide bonds. The topological polar surface area (TPSA) is 55.0 Å². The number of hydrogen-bond donors (Lipinski definition) is 0. The van der Waals surface area contributed by atoms with Crippen LogP contribution in [0.15, 0.2) is 60.9 Å². The number of benzene rings is 2. The molecule has 1 heterocycles. The molecule has 0 aliphatic carbocycles. The Balaban J connectivity index is 2.00. The zero-order chi connectivity index (χ0) is 17.1. The van der Waals surface area contributed by atoms with E-state index in [1.807, 2.05) is 41.1 Å². The van der Waals surface area contributed by atoms with Crippen LogP contribution in [-0.4, -0.2) is 10.5 Å². The van der Waals surface area contributed by atoms with Crippen LogP contribution in [0.3, 0.4) is 0 Å². The highest BCUT2D eigenvalue weighted by molar-refractivity contribution is 6.33. The number of carbonyl (C=O) groups is 1. The number of rotatable bonds is 3. The van der Waals surface area contributed by atoms with Gasteiger partial charge in [0.25, 0.3) is 0 Å². The highest BCUT2D eigenvalue weighted by atomic mass is 35.5. The van der Waals surface area contributed by atoms with E-state index in [1.54, 1.807) is 24.4 Å². The van der Waals surface area contributed by atoms with Gasteiger partial charge in [0.05, 0.1) is 5.56 Å². The number of halogens is 1. The van der Waals surface area contributed by atoms with Crippen molar-refractivity contribution in [2.24, 2.45) is 0 Å². The van der Waals surface area contributed by atoms with E-state index in [9.17, 15) is 10.1 Å². The quantitative estimate of drug-likeness (QED) is 0.519. The van der Waals surface area contributed by atoms with Crippen molar-refractivity contribution in [3.63, 3.8) is 0 Å². The van der Waals surface area contributed by atoms with E-state index in [2.05, 4.69) is 6.07 Å². The molecule has 0 N–H and O–H groups in total. The molecule has 0 unspecified atom stereocenters. The van der Waals surface area contributed by atoms with E-state index < -0.39 is 0 Å². The maximum absolute atomic E-state index is 11.0. The normalized spacial score (nSPS) is 10.2. The molecule has 0 fully saturated rings. The van der Waals surface area contributed by atoms with Crippen LogP contribution in [0.4, 0.5) is 0 Å². The molecule has 3 rings (SSSR count).